The first kappa shape index (κ1) is 13.5. The van der Waals surface area contributed by atoms with Crippen LogP contribution in [-0.2, 0) is 11.3 Å². The largest absolute Gasteiger partial charge is 0.444 e. The number of hydrogen-bond acceptors (Lipinski definition) is 5. The molecule has 2 aromatic heterocycles. The van der Waals surface area contributed by atoms with Gasteiger partial charge in [-0.05, 0) is 24.3 Å². The minimum atomic E-state index is 0.427. The van der Waals surface area contributed by atoms with Crippen molar-refractivity contribution in [1.29, 1.82) is 0 Å². The van der Waals surface area contributed by atoms with Gasteiger partial charge < -0.3 is 9.15 Å². The van der Waals surface area contributed by atoms with Crippen molar-refractivity contribution in [3.8, 4) is 10.8 Å². The van der Waals surface area contributed by atoms with Crippen molar-refractivity contribution < 1.29 is 9.15 Å². The van der Waals surface area contributed by atoms with Crippen LogP contribution < -0.4 is 0 Å². The van der Waals surface area contributed by atoms with E-state index in [0.29, 0.717) is 12.1 Å². The second-order valence-corrected chi connectivity index (χ2v) is 6.80. The number of oxazole rings is 1. The highest BCUT2D eigenvalue weighted by molar-refractivity contribution is 7.13. The zero-order chi connectivity index (χ0) is 14.1. The van der Waals surface area contributed by atoms with Gasteiger partial charge >= 0.3 is 0 Å². The van der Waals surface area contributed by atoms with Gasteiger partial charge in [0.05, 0.1) is 23.3 Å². The first-order valence-corrected chi connectivity index (χ1v) is 8.62. The van der Waals surface area contributed by atoms with E-state index >= 15 is 0 Å². The normalized spacial score (nSPS) is 26.7. The van der Waals surface area contributed by atoms with Crippen molar-refractivity contribution in [3.63, 3.8) is 0 Å². The molecular formula is C16H20N2O2S. The Balaban J connectivity index is 1.47. The number of morpholine rings is 1. The van der Waals surface area contributed by atoms with Gasteiger partial charge in [0.1, 0.15) is 6.26 Å². The first-order chi connectivity index (χ1) is 10.4. The average molecular weight is 304 g/mol. The number of ether oxygens (including phenoxy) is 1. The summed E-state index contributed by atoms with van der Waals surface area (Å²) in [6, 6.07) is 4.64. The molecule has 2 atom stereocenters. The van der Waals surface area contributed by atoms with E-state index in [0.717, 1.165) is 36.2 Å². The van der Waals surface area contributed by atoms with E-state index in [1.165, 1.54) is 25.7 Å². The lowest BCUT2D eigenvalue weighted by molar-refractivity contribution is -0.0914. The zero-order valence-corrected chi connectivity index (χ0v) is 12.8. The second-order valence-electron chi connectivity index (χ2n) is 5.85. The molecule has 0 unspecified atom stereocenters. The Morgan fingerprint density at radius 2 is 2.29 bits per heavy atom. The number of nitrogens with zero attached hydrogens (tertiary/aromatic N) is 2. The summed E-state index contributed by atoms with van der Waals surface area (Å²) in [4.78, 5) is 8.27. The summed E-state index contributed by atoms with van der Waals surface area (Å²) in [6.07, 6.45) is 7.32. The summed E-state index contributed by atoms with van der Waals surface area (Å²) >= 11 is 1.66. The summed E-state index contributed by atoms with van der Waals surface area (Å²) < 4.78 is 11.6. The number of hydrogen-bond donors (Lipinski definition) is 0. The van der Waals surface area contributed by atoms with Crippen molar-refractivity contribution >= 4 is 11.3 Å². The van der Waals surface area contributed by atoms with Gasteiger partial charge in [-0.25, -0.2) is 4.98 Å². The van der Waals surface area contributed by atoms with Crippen LogP contribution in [0.2, 0.25) is 0 Å². The van der Waals surface area contributed by atoms with Gasteiger partial charge in [-0.3, -0.25) is 4.90 Å². The Morgan fingerprint density at radius 3 is 3.19 bits per heavy atom. The maximum atomic E-state index is 5.93. The molecule has 0 amide bonds. The Morgan fingerprint density at radius 1 is 1.33 bits per heavy atom. The predicted molar refractivity (Wildman–Crippen MR) is 82.2 cm³/mol. The average Bonchev–Trinajstić information content (AvgIpc) is 3.18. The van der Waals surface area contributed by atoms with Gasteiger partial charge in [0.15, 0.2) is 0 Å². The summed E-state index contributed by atoms with van der Waals surface area (Å²) in [5.74, 6) is 0.744. The predicted octanol–water partition coefficient (Wildman–Crippen LogP) is 3.55. The fourth-order valence-electron chi connectivity index (χ4n) is 3.47. The van der Waals surface area contributed by atoms with Gasteiger partial charge in [0.25, 0.3) is 0 Å². The monoisotopic (exact) mass is 304 g/mol. The maximum Gasteiger partial charge on any atom is 0.236 e. The maximum absolute atomic E-state index is 5.93. The molecule has 112 valence electrons. The van der Waals surface area contributed by atoms with Gasteiger partial charge in [0.2, 0.25) is 5.89 Å². The molecule has 0 bridgehead atoms. The quantitative estimate of drug-likeness (QED) is 0.869. The lowest BCUT2D eigenvalue weighted by Gasteiger charge is -2.43. The van der Waals surface area contributed by atoms with Crippen LogP contribution in [0.3, 0.4) is 0 Å². The van der Waals surface area contributed by atoms with Crippen molar-refractivity contribution in [1.82, 2.24) is 9.88 Å². The van der Waals surface area contributed by atoms with Crippen molar-refractivity contribution in [2.45, 2.75) is 44.4 Å². The van der Waals surface area contributed by atoms with Crippen LogP contribution in [0.5, 0.6) is 0 Å². The van der Waals surface area contributed by atoms with Crippen LogP contribution in [0.15, 0.2) is 28.2 Å². The molecule has 0 radical (unpaired) electrons. The minimum Gasteiger partial charge on any atom is -0.444 e. The van der Waals surface area contributed by atoms with Crippen LogP contribution in [-0.4, -0.2) is 35.2 Å². The molecule has 4 rings (SSSR count). The highest BCUT2D eigenvalue weighted by atomic mass is 32.1. The fraction of sp³-hybridized carbons (Fsp3) is 0.562. The van der Waals surface area contributed by atoms with E-state index in [-0.39, 0.29) is 0 Å². The molecule has 0 N–H and O–H groups in total. The molecular weight excluding hydrogens is 284 g/mol. The molecule has 3 heterocycles. The molecule has 2 aromatic rings. The molecule has 2 fully saturated rings. The van der Waals surface area contributed by atoms with E-state index in [2.05, 4.69) is 9.88 Å². The summed E-state index contributed by atoms with van der Waals surface area (Å²) in [7, 11) is 0. The molecule has 4 nitrogen and oxygen atoms in total. The Kier molecular flexibility index (Phi) is 3.80. The van der Waals surface area contributed by atoms with E-state index < -0.39 is 0 Å². The van der Waals surface area contributed by atoms with E-state index in [9.17, 15) is 0 Å². The zero-order valence-electron chi connectivity index (χ0n) is 12.0. The third-order valence-electron chi connectivity index (χ3n) is 4.50. The lowest BCUT2D eigenvalue weighted by atomic mass is 9.90. The topological polar surface area (TPSA) is 38.5 Å². The number of thiophene rings is 1. The molecule has 1 aliphatic heterocycles. The summed E-state index contributed by atoms with van der Waals surface area (Å²) in [5.41, 5.74) is 1.03. The van der Waals surface area contributed by atoms with Crippen LogP contribution >= 0.6 is 11.3 Å². The summed E-state index contributed by atoms with van der Waals surface area (Å²) in [5, 5.41) is 2.05. The lowest BCUT2D eigenvalue weighted by Crippen LogP contribution is -2.52. The van der Waals surface area contributed by atoms with Gasteiger partial charge in [-0.1, -0.05) is 18.9 Å². The first-order valence-electron chi connectivity index (χ1n) is 7.74. The van der Waals surface area contributed by atoms with Crippen molar-refractivity contribution in [2.75, 3.05) is 13.2 Å². The molecule has 1 aliphatic carbocycles. The van der Waals surface area contributed by atoms with Crippen LogP contribution in [0.1, 0.15) is 31.4 Å². The molecule has 0 aromatic carbocycles. The standard InChI is InChI=1S/C16H20N2O2S/c1-2-5-14-13(4-1)18(7-8-19-14)10-12-11-20-16(17-12)15-6-3-9-21-15/h3,6,9,11,13-14H,1-2,4-5,7-8,10H2/t13-,14+/m1/s1. The van der Waals surface area contributed by atoms with Gasteiger partial charge in [-0.2, -0.15) is 0 Å². The second kappa shape index (κ2) is 5.91. The third kappa shape index (κ3) is 2.78. The van der Waals surface area contributed by atoms with Crippen LogP contribution in [0, 0.1) is 0 Å². The molecule has 1 saturated carbocycles. The molecule has 5 heteroatoms. The molecule has 2 aliphatic rings. The fourth-order valence-corrected chi connectivity index (χ4v) is 4.13. The van der Waals surface area contributed by atoms with E-state index in [4.69, 9.17) is 9.15 Å². The summed E-state index contributed by atoms with van der Waals surface area (Å²) in [6.45, 7) is 2.72. The molecule has 21 heavy (non-hydrogen) atoms. The number of rotatable bonds is 3. The SMILES string of the molecule is c1csc(-c2nc(CN3CCO[C@H]4CCCC[C@H]43)co2)c1. The van der Waals surface area contributed by atoms with E-state index in [1.807, 2.05) is 23.8 Å². The van der Waals surface area contributed by atoms with Gasteiger partial charge in [0, 0.05) is 19.1 Å². The smallest absolute Gasteiger partial charge is 0.236 e. The van der Waals surface area contributed by atoms with Gasteiger partial charge in [-0.15, -0.1) is 11.3 Å². The highest BCUT2D eigenvalue weighted by Gasteiger charge is 2.34. The number of aromatic nitrogens is 1. The Hall–Kier alpha value is -1.17. The Bertz CT molecular complexity index is 579. The Labute approximate surface area is 128 Å². The van der Waals surface area contributed by atoms with Crippen LogP contribution in [0.25, 0.3) is 10.8 Å². The molecule has 0 spiro atoms. The minimum absolute atomic E-state index is 0.427. The van der Waals surface area contributed by atoms with Crippen molar-refractivity contribution in [2.24, 2.45) is 0 Å². The van der Waals surface area contributed by atoms with Crippen molar-refractivity contribution in [3.05, 3.63) is 29.5 Å². The number of fused-ring (bicyclic) bond motifs is 1. The third-order valence-corrected chi connectivity index (χ3v) is 5.35. The van der Waals surface area contributed by atoms with Crippen LogP contribution in [0.4, 0.5) is 0 Å². The highest BCUT2D eigenvalue weighted by Crippen LogP contribution is 2.30. The van der Waals surface area contributed by atoms with E-state index in [1.54, 1.807) is 11.3 Å². The molecule has 1 saturated heterocycles.